The Hall–Kier alpha value is -1.08. The summed E-state index contributed by atoms with van der Waals surface area (Å²) in [4.78, 5) is 10.8. The van der Waals surface area contributed by atoms with Crippen molar-refractivity contribution < 1.29 is 9.90 Å². The van der Waals surface area contributed by atoms with Crippen molar-refractivity contribution in [1.29, 1.82) is 5.26 Å². The number of carboxylic acids is 1. The highest BCUT2D eigenvalue weighted by Gasteiger charge is 2.21. The molecule has 2 unspecified atom stereocenters. The quantitative estimate of drug-likeness (QED) is 0.676. The Morgan fingerprint density at radius 3 is 2.43 bits per heavy atom. The van der Waals surface area contributed by atoms with Crippen LogP contribution in [0, 0.1) is 17.2 Å². The summed E-state index contributed by atoms with van der Waals surface area (Å²) in [5.41, 5.74) is 0. The molecule has 0 saturated carbocycles. The Labute approximate surface area is 84.9 Å². The van der Waals surface area contributed by atoms with E-state index in [2.05, 4.69) is 5.32 Å². The maximum absolute atomic E-state index is 10.8. The van der Waals surface area contributed by atoms with Crippen molar-refractivity contribution in [3.63, 3.8) is 0 Å². The van der Waals surface area contributed by atoms with Crippen LogP contribution in [0.5, 0.6) is 0 Å². The third-order valence-electron chi connectivity index (χ3n) is 1.97. The van der Waals surface area contributed by atoms with Crippen LogP contribution in [0.4, 0.5) is 0 Å². The van der Waals surface area contributed by atoms with Crippen LogP contribution in [-0.4, -0.2) is 23.2 Å². The first-order valence-electron chi connectivity index (χ1n) is 4.89. The first-order valence-corrected chi connectivity index (χ1v) is 4.89. The first-order chi connectivity index (χ1) is 6.51. The van der Waals surface area contributed by atoms with Crippen molar-refractivity contribution in [1.82, 2.24) is 5.32 Å². The number of nitrogens with zero attached hydrogens (tertiary/aromatic N) is 1. The fourth-order valence-electron chi connectivity index (χ4n) is 1.20. The van der Waals surface area contributed by atoms with E-state index in [1.807, 2.05) is 26.8 Å². The monoisotopic (exact) mass is 198 g/mol. The summed E-state index contributed by atoms with van der Waals surface area (Å²) >= 11 is 0. The Kier molecular flexibility index (Phi) is 5.89. The summed E-state index contributed by atoms with van der Waals surface area (Å²) in [6.07, 6.45) is 1.17. The van der Waals surface area contributed by atoms with Crippen molar-refractivity contribution in [3.8, 4) is 6.07 Å². The highest BCUT2D eigenvalue weighted by atomic mass is 16.4. The molecule has 0 aliphatic rings. The van der Waals surface area contributed by atoms with Gasteiger partial charge in [-0.3, -0.25) is 10.1 Å². The maximum atomic E-state index is 10.8. The molecule has 0 fully saturated rings. The SMILES string of the molecule is CCC(C#N)NC(CC(C)C)C(=O)O. The molecule has 0 aliphatic carbocycles. The molecule has 0 bridgehead atoms. The summed E-state index contributed by atoms with van der Waals surface area (Å²) < 4.78 is 0. The highest BCUT2D eigenvalue weighted by molar-refractivity contribution is 5.73. The van der Waals surface area contributed by atoms with Crippen LogP contribution in [0.25, 0.3) is 0 Å². The molecule has 0 aromatic rings. The lowest BCUT2D eigenvalue weighted by Gasteiger charge is -2.18. The fourth-order valence-corrected chi connectivity index (χ4v) is 1.20. The fraction of sp³-hybridized carbons (Fsp3) is 0.800. The largest absolute Gasteiger partial charge is 0.480 e. The maximum Gasteiger partial charge on any atom is 0.320 e. The molecule has 4 nitrogen and oxygen atoms in total. The molecule has 0 aromatic heterocycles. The second-order valence-corrected chi connectivity index (χ2v) is 3.78. The molecule has 0 rings (SSSR count). The number of hydrogen-bond acceptors (Lipinski definition) is 3. The molecular weight excluding hydrogens is 180 g/mol. The molecule has 0 heterocycles. The summed E-state index contributed by atoms with van der Waals surface area (Å²) in [5.74, 6) is -0.577. The minimum Gasteiger partial charge on any atom is -0.480 e. The Bertz CT molecular complexity index is 221. The van der Waals surface area contributed by atoms with Gasteiger partial charge < -0.3 is 5.11 Å². The van der Waals surface area contributed by atoms with Gasteiger partial charge in [0.15, 0.2) is 0 Å². The van der Waals surface area contributed by atoms with E-state index in [-0.39, 0.29) is 6.04 Å². The molecule has 80 valence electrons. The van der Waals surface area contributed by atoms with Crippen LogP contribution < -0.4 is 5.32 Å². The molecule has 4 heteroatoms. The third kappa shape index (κ3) is 4.83. The molecule has 2 N–H and O–H groups in total. The molecule has 0 aliphatic heterocycles. The standard InChI is InChI=1S/C10H18N2O2/c1-4-8(6-11)12-9(10(13)14)5-7(2)3/h7-9,12H,4-5H2,1-3H3,(H,13,14). The lowest BCUT2D eigenvalue weighted by Crippen LogP contribution is -2.43. The van der Waals surface area contributed by atoms with Crippen LogP contribution in [0.1, 0.15) is 33.6 Å². The average Bonchev–Trinajstić information content (AvgIpc) is 2.11. The lowest BCUT2D eigenvalue weighted by atomic mass is 10.0. The molecule has 0 radical (unpaired) electrons. The van der Waals surface area contributed by atoms with Gasteiger partial charge in [-0.25, -0.2) is 0 Å². The van der Waals surface area contributed by atoms with Crippen molar-refractivity contribution in [3.05, 3.63) is 0 Å². The van der Waals surface area contributed by atoms with Gasteiger partial charge in [0, 0.05) is 0 Å². The van der Waals surface area contributed by atoms with Crippen molar-refractivity contribution in [2.24, 2.45) is 5.92 Å². The first kappa shape index (κ1) is 12.9. The molecule has 2 atom stereocenters. The topological polar surface area (TPSA) is 73.1 Å². The normalized spacial score (nSPS) is 14.8. The molecule has 0 amide bonds. The van der Waals surface area contributed by atoms with E-state index in [4.69, 9.17) is 10.4 Å². The Morgan fingerprint density at radius 2 is 2.14 bits per heavy atom. The molecule has 0 aromatic carbocycles. The Morgan fingerprint density at radius 1 is 1.57 bits per heavy atom. The van der Waals surface area contributed by atoms with Crippen molar-refractivity contribution in [2.45, 2.75) is 45.7 Å². The zero-order valence-corrected chi connectivity index (χ0v) is 8.95. The highest BCUT2D eigenvalue weighted by Crippen LogP contribution is 2.06. The van der Waals surface area contributed by atoms with Gasteiger partial charge in [0.2, 0.25) is 0 Å². The van der Waals surface area contributed by atoms with Crippen molar-refractivity contribution >= 4 is 5.97 Å². The molecular formula is C10H18N2O2. The van der Waals surface area contributed by atoms with Crippen molar-refractivity contribution in [2.75, 3.05) is 0 Å². The van der Waals surface area contributed by atoms with Crippen LogP contribution in [0.2, 0.25) is 0 Å². The van der Waals surface area contributed by atoms with E-state index >= 15 is 0 Å². The van der Waals surface area contributed by atoms with E-state index in [1.165, 1.54) is 0 Å². The van der Waals surface area contributed by atoms with E-state index in [0.717, 1.165) is 0 Å². The van der Waals surface area contributed by atoms with E-state index in [1.54, 1.807) is 0 Å². The predicted molar refractivity (Wildman–Crippen MR) is 53.7 cm³/mol. The van der Waals surface area contributed by atoms with Crippen LogP contribution in [0.3, 0.4) is 0 Å². The molecule has 0 spiro atoms. The van der Waals surface area contributed by atoms with Gasteiger partial charge in [0.05, 0.1) is 12.1 Å². The van der Waals surface area contributed by atoms with Gasteiger partial charge in [-0.05, 0) is 18.8 Å². The number of aliphatic carboxylic acids is 1. The Balaban J connectivity index is 4.23. The summed E-state index contributed by atoms with van der Waals surface area (Å²) in [5, 5.41) is 20.4. The number of carboxylic acid groups (broad SMARTS) is 1. The minimum absolute atomic E-state index is 0.305. The zero-order chi connectivity index (χ0) is 11.1. The number of hydrogen-bond donors (Lipinski definition) is 2. The van der Waals surface area contributed by atoms with Gasteiger partial charge in [0.25, 0.3) is 0 Å². The number of nitriles is 1. The predicted octanol–water partition coefficient (Wildman–Crippen LogP) is 1.38. The lowest BCUT2D eigenvalue weighted by molar-refractivity contribution is -0.140. The van der Waals surface area contributed by atoms with Gasteiger partial charge >= 0.3 is 5.97 Å². The van der Waals surface area contributed by atoms with E-state index < -0.39 is 12.0 Å². The van der Waals surface area contributed by atoms with Gasteiger partial charge in [-0.1, -0.05) is 20.8 Å². The second-order valence-electron chi connectivity index (χ2n) is 3.78. The second kappa shape index (κ2) is 6.39. The molecule has 0 saturated heterocycles. The number of rotatable bonds is 6. The number of carbonyl (C=O) groups is 1. The van der Waals surface area contributed by atoms with Crippen LogP contribution >= 0.6 is 0 Å². The van der Waals surface area contributed by atoms with Crippen LogP contribution in [0.15, 0.2) is 0 Å². The van der Waals surface area contributed by atoms with Gasteiger partial charge in [-0.2, -0.15) is 5.26 Å². The third-order valence-corrected chi connectivity index (χ3v) is 1.97. The summed E-state index contributed by atoms with van der Waals surface area (Å²) in [6.45, 7) is 5.78. The smallest absolute Gasteiger partial charge is 0.320 e. The number of nitrogens with one attached hydrogen (secondary N) is 1. The molecule has 14 heavy (non-hydrogen) atoms. The van der Waals surface area contributed by atoms with E-state index in [9.17, 15) is 4.79 Å². The zero-order valence-electron chi connectivity index (χ0n) is 8.95. The average molecular weight is 198 g/mol. The van der Waals surface area contributed by atoms with Crippen LogP contribution in [-0.2, 0) is 4.79 Å². The van der Waals surface area contributed by atoms with Gasteiger partial charge in [0.1, 0.15) is 6.04 Å². The summed E-state index contributed by atoms with van der Waals surface area (Å²) in [7, 11) is 0. The minimum atomic E-state index is -0.882. The van der Waals surface area contributed by atoms with Gasteiger partial charge in [-0.15, -0.1) is 0 Å². The summed E-state index contributed by atoms with van der Waals surface area (Å²) in [6, 6.07) is 1.06. The van der Waals surface area contributed by atoms with E-state index in [0.29, 0.717) is 18.8 Å².